The van der Waals surface area contributed by atoms with Crippen molar-refractivity contribution in [1.29, 1.82) is 0 Å². The molecule has 0 N–H and O–H groups in total. The Labute approximate surface area is 114 Å². The van der Waals surface area contributed by atoms with E-state index in [-0.39, 0.29) is 18.1 Å². The van der Waals surface area contributed by atoms with Gasteiger partial charge in [-0.3, -0.25) is 19.6 Å². The largest absolute Gasteiger partial charge is 0.310 e. The summed E-state index contributed by atoms with van der Waals surface area (Å²) in [7, 11) is 0. The summed E-state index contributed by atoms with van der Waals surface area (Å²) in [5, 5.41) is 14.7. The van der Waals surface area contributed by atoms with Gasteiger partial charge >= 0.3 is 0 Å². The highest BCUT2D eigenvalue weighted by atomic mass is 16.6. The summed E-state index contributed by atoms with van der Waals surface area (Å²) in [5.41, 5.74) is 1.66. The molecule has 0 bridgehead atoms. The third kappa shape index (κ3) is 2.13. The summed E-state index contributed by atoms with van der Waals surface area (Å²) in [6.07, 6.45) is 3.99. The highest BCUT2D eigenvalue weighted by Crippen LogP contribution is 2.31. The molecule has 1 aromatic heterocycles. The zero-order valence-electron chi connectivity index (χ0n) is 10.6. The maximum Gasteiger partial charge on any atom is 0.269 e. The molecule has 1 amide bonds. The number of rotatable bonds is 3. The lowest BCUT2D eigenvalue weighted by molar-refractivity contribution is -0.384. The van der Waals surface area contributed by atoms with Crippen molar-refractivity contribution in [2.75, 3.05) is 11.4 Å². The molecule has 0 fully saturated rings. The van der Waals surface area contributed by atoms with Crippen molar-refractivity contribution < 1.29 is 9.72 Å². The number of anilines is 1. The maximum absolute atomic E-state index is 12.2. The van der Waals surface area contributed by atoms with Gasteiger partial charge in [-0.25, -0.2) is 0 Å². The molecule has 3 rings (SSSR count). The van der Waals surface area contributed by atoms with E-state index in [1.807, 2.05) is 0 Å². The van der Waals surface area contributed by atoms with Crippen molar-refractivity contribution in [2.24, 2.45) is 0 Å². The summed E-state index contributed by atoms with van der Waals surface area (Å²) in [6.45, 7) is 0.722. The van der Waals surface area contributed by atoms with Crippen molar-refractivity contribution in [3.05, 3.63) is 52.3 Å². The van der Waals surface area contributed by atoms with Gasteiger partial charge in [-0.05, 0) is 24.1 Å². The van der Waals surface area contributed by atoms with E-state index in [9.17, 15) is 14.9 Å². The Balaban J connectivity index is 1.82. The molecule has 0 aliphatic carbocycles. The molecule has 0 radical (unpaired) electrons. The van der Waals surface area contributed by atoms with Gasteiger partial charge in [-0.15, -0.1) is 0 Å². The van der Waals surface area contributed by atoms with Crippen molar-refractivity contribution >= 4 is 17.3 Å². The molecule has 1 aliphatic rings. The zero-order valence-corrected chi connectivity index (χ0v) is 10.6. The molecule has 20 heavy (non-hydrogen) atoms. The van der Waals surface area contributed by atoms with E-state index in [1.165, 1.54) is 12.1 Å². The Hall–Kier alpha value is -2.70. The summed E-state index contributed by atoms with van der Waals surface area (Å²) in [6, 6.07) is 6.37. The Morgan fingerprint density at radius 3 is 3.00 bits per heavy atom. The predicted molar refractivity (Wildman–Crippen MR) is 71.4 cm³/mol. The van der Waals surface area contributed by atoms with Gasteiger partial charge in [-0.2, -0.15) is 5.10 Å². The van der Waals surface area contributed by atoms with E-state index in [2.05, 4.69) is 5.10 Å². The minimum Gasteiger partial charge on any atom is -0.310 e. The van der Waals surface area contributed by atoms with Crippen LogP contribution in [0, 0.1) is 10.1 Å². The highest BCUT2D eigenvalue weighted by Gasteiger charge is 2.26. The van der Waals surface area contributed by atoms with Gasteiger partial charge in [0.25, 0.3) is 5.69 Å². The molecule has 1 aromatic carbocycles. The Kier molecular flexibility index (Phi) is 2.94. The number of nitrogens with zero attached hydrogens (tertiary/aromatic N) is 4. The number of fused-ring (bicyclic) bond motifs is 1. The Morgan fingerprint density at radius 2 is 2.30 bits per heavy atom. The average Bonchev–Trinajstić information content (AvgIpc) is 3.06. The van der Waals surface area contributed by atoms with E-state index >= 15 is 0 Å². The number of nitro groups is 1. The maximum atomic E-state index is 12.2. The molecule has 0 spiro atoms. The Morgan fingerprint density at radius 1 is 1.45 bits per heavy atom. The fourth-order valence-electron chi connectivity index (χ4n) is 2.38. The molecule has 2 aromatic rings. The van der Waals surface area contributed by atoms with Gasteiger partial charge in [0.1, 0.15) is 6.54 Å². The minimum absolute atomic E-state index is 0.0603. The number of amides is 1. The van der Waals surface area contributed by atoms with Gasteiger partial charge in [-0.1, -0.05) is 0 Å². The molecule has 102 valence electrons. The van der Waals surface area contributed by atoms with Gasteiger partial charge in [0.15, 0.2) is 0 Å². The number of aromatic nitrogens is 2. The van der Waals surface area contributed by atoms with E-state index < -0.39 is 4.92 Å². The second kappa shape index (κ2) is 4.76. The molecule has 0 saturated heterocycles. The number of hydrogen-bond donors (Lipinski definition) is 0. The molecular weight excluding hydrogens is 260 g/mol. The first kappa shape index (κ1) is 12.3. The Bertz CT molecular complexity index is 666. The predicted octanol–water partition coefficient (Wildman–Crippen LogP) is 1.38. The number of nitro benzene ring substituents is 1. The van der Waals surface area contributed by atoms with Crippen LogP contribution in [0.2, 0.25) is 0 Å². The van der Waals surface area contributed by atoms with Crippen molar-refractivity contribution in [3.8, 4) is 0 Å². The van der Waals surface area contributed by atoms with Crippen LogP contribution in [0.1, 0.15) is 5.56 Å². The molecule has 7 nitrogen and oxygen atoms in total. The van der Waals surface area contributed by atoms with Gasteiger partial charge in [0.05, 0.1) is 4.92 Å². The van der Waals surface area contributed by atoms with Crippen LogP contribution in [0.15, 0.2) is 36.7 Å². The van der Waals surface area contributed by atoms with Crippen LogP contribution in [-0.4, -0.2) is 27.2 Å². The first-order chi connectivity index (χ1) is 9.65. The number of carbonyl (C=O) groups is 1. The lowest BCUT2D eigenvalue weighted by atomic mass is 10.1. The minimum atomic E-state index is -0.422. The summed E-state index contributed by atoms with van der Waals surface area (Å²) in [5.74, 6) is -0.0682. The van der Waals surface area contributed by atoms with E-state index in [0.29, 0.717) is 13.0 Å². The SMILES string of the molecule is O=C(Cn1cccn1)N1CCc2cc([N+](=O)[O-])ccc21. The second-order valence-electron chi connectivity index (χ2n) is 4.57. The van der Waals surface area contributed by atoms with Gasteiger partial charge in [0.2, 0.25) is 5.91 Å². The topological polar surface area (TPSA) is 81.3 Å². The fraction of sp³-hybridized carbons (Fsp3) is 0.231. The van der Waals surface area contributed by atoms with Crippen molar-refractivity contribution in [2.45, 2.75) is 13.0 Å². The molecule has 7 heteroatoms. The number of hydrogen-bond acceptors (Lipinski definition) is 4. The fourth-order valence-corrected chi connectivity index (χ4v) is 2.38. The normalized spacial score (nSPS) is 13.3. The quantitative estimate of drug-likeness (QED) is 0.624. The molecule has 0 atom stereocenters. The highest BCUT2D eigenvalue weighted by molar-refractivity contribution is 5.95. The molecule has 0 saturated carbocycles. The van der Waals surface area contributed by atoms with Gasteiger partial charge in [0, 0.05) is 36.8 Å². The third-order valence-corrected chi connectivity index (χ3v) is 3.33. The number of benzene rings is 1. The lowest BCUT2D eigenvalue weighted by Gasteiger charge is -2.17. The summed E-state index contributed by atoms with van der Waals surface area (Å²) >= 11 is 0. The zero-order chi connectivity index (χ0) is 14.1. The molecular formula is C13H12N4O3. The molecule has 2 heterocycles. The number of carbonyl (C=O) groups excluding carboxylic acids is 1. The van der Waals surface area contributed by atoms with E-state index in [4.69, 9.17) is 0 Å². The third-order valence-electron chi connectivity index (χ3n) is 3.33. The molecule has 1 aliphatic heterocycles. The average molecular weight is 272 g/mol. The van der Waals surface area contributed by atoms with Crippen LogP contribution >= 0.6 is 0 Å². The van der Waals surface area contributed by atoms with E-state index in [0.717, 1.165) is 11.3 Å². The van der Waals surface area contributed by atoms with Crippen LogP contribution in [0.3, 0.4) is 0 Å². The van der Waals surface area contributed by atoms with E-state index in [1.54, 1.807) is 34.1 Å². The molecule has 0 unspecified atom stereocenters. The second-order valence-corrected chi connectivity index (χ2v) is 4.57. The van der Waals surface area contributed by atoms with Crippen molar-refractivity contribution in [3.63, 3.8) is 0 Å². The summed E-state index contributed by atoms with van der Waals surface area (Å²) in [4.78, 5) is 24.2. The van der Waals surface area contributed by atoms with Crippen LogP contribution < -0.4 is 4.90 Å². The van der Waals surface area contributed by atoms with Crippen LogP contribution in [0.25, 0.3) is 0 Å². The van der Waals surface area contributed by atoms with Crippen molar-refractivity contribution in [1.82, 2.24) is 9.78 Å². The lowest BCUT2D eigenvalue weighted by Crippen LogP contribution is -2.32. The summed E-state index contributed by atoms with van der Waals surface area (Å²) < 4.78 is 1.56. The van der Waals surface area contributed by atoms with Gasteiger partial charge < -0.3 is 4.90 Å². The van der Waals surface area contributed by atoms with Crippen LogP contribution in [0.5, 0.6) is 0 Å². The first-order valence-corrected chi connectivity index (χ1v) is 6.20. The smallest absolute Gasteiger partial charge is 0.269 e. The monoisotopic (exact) mass is 272 g/mol. The number of non-ortho nitro benzene ring substituents is 1. The first-order valence-electron chi connectivity index (χ1n) is 6.20. The van der Waals surface area contributed by atoms with Crippen LogP contribution in [-0.2, 0) is 17.8 Å². The standard InChI is InChI=1S/C13H12N4O3/c18-13(9-15-6-1-5-14-15)16-7-4-10-8-11(17(19)20)2-3-12(10)16/h1-3,5-6,8H,4,7,9H2. The van der Waals surface area contributed by atoms with Crippen LogP contribution in [0.4, 0.5) is 11.4 Å².